The minimum absolute atomic E-state index is 0.0358. The number of alkyl halides is 3. The largest absolute Gasteiger partial charge is 0.481 e. The quantitative estimate of drug-likeness (QED) is 0.201. The number of hydrogen-bond donors (Lipinski definition) is 4. The first-order valence-corrected chi connectivity index (χ1v) is 14.9. The van der Waals surface area contributed by atoms with Crippen molar-refractivity contribution in [3.63, 3.8) is 0 Å². The summed E-state index contributed by atoms with van der Waals surface area (Å²) in [6.07, 6.45) is 1.48. The van der Waals surface area contributed by atoms with E-state index in [0.29, 0.717) is 11.1 Å². The topological polar surface area (TPSA) is 145 Å². The van der Waals surface area contributed by atoms with Crippen LogP contribution in [0.2, 0.25) is 0 Å². The maximum Gasteiger partial charge on any atom is 0.406 e. The summed E-state index contributed by atoms with van der Waals surface area (Å²) < 4.78 is 38.8. The highest BCUT2D eigenvalue weighted by Gasteiger charge is 2.42. The number of carboxylic acid groups (broad SMARTS) is 1. The summed E-state index contributed by atoms with van der Waals surface area (Å²) in [6, 6.07) is 16.4. The predicted molar refractivity (Wildman–Crippen MR) is 166 cm³/mol. The number of imide groups is 1. The Morgan fingerprint density at radius 3 is 2.15 bits per heavy atom. The molecule has 5 amide bonds. The Hall–Kier alpha value is -5.46. The van der Waals surface area contributed by atoms with Crippen molar-refractivity contribution in [2.45, 2.75) is 44.3 Å². The Bertz CT molecular complexity index is 1740. The molecular weight excluding hydrogens is 617 g/mol. The van der Waals surface area contributed by atoms with Gasteiger partial charge >= 0.3 is 18.2 Å². The molecule has 1 atom stereocenters. The number of carbonyl (C=O) groups is 5. The zero-order valence-corrected chi connectivity index (χ0v) is 25.0. The monoisotopic (exact) mass is 648 g/mol. The van der Waals surface area contributed by atoms with E-state index in [4.69, 9.17) is 5.11 Å². The van der Waals surface area contributed by atoms with Crippen LogP contribution >= 0.6 is 0 Å². The van der Waals surface area contributed by atoms with Gasteiger partial charge in [0.25, 0.3) is 17.7 Å². The van der Waals surface area contributed by atoms with E-state index in [-0.39, 0.29) is 34.7 Å². The number of nitrogens with one attached hydrogen (secondary N) is 3. The summed E-state index contributed by atoms with van der Waals surface area (Å²) in [4.78, 5) is 61.6. The lowest BCUT2D eigenvalue weighted by atomic mass is 9.91. The highest BCUT2D eigenvalue weighted by Crippen LogP contribution is 2.31. The fourth-order valence-electron chi connectivity index (χ4n) is 5.55. The van der Waals surface area contributed by atoms with Crippen molar-refractivity contribution in [1.29, 1.82) is 0 Å². The molecule has 10 nitrogen and oxygen atoms in total. The van der Waals surface area contributed by atoms with E-state index in [2.05, 4.69) is 22.0 Å². The van der Waals surface area contributed by atoms with Gasteiger partial charge in [0.1, 0.15) is 6.54 Å². The Labute approximate surface area is 267 Å². The SMILES string of the molecule is O=C(O)CCNC(=O)c1ccc(C(NC(=O)Nc2ccc3c(c2)C(=O)N(CC(F)(F)F)C3=O)c2ccc(C3=CCCCC3)cc2)cc1. The minimum Gasteiger partial charge on any atom is -0.481 e. The van der Waals surface area contributed by atoms with Crippen molar-refractivity contribution in [2.24, 2.45) is 0 Å². The van der Waals surface area contributed by atoms with Crippen LogP contribution in [-0.2, 0) is 4.79 Å². The first kappa shape index (κ1) is 32.9. The molecule has 3 aromatic carbocycles. The number of urea groups is 1. The average Bonchev–Trinajstić information content (AvgIpc) is 3.27. The number of amides is 5. The van der Waals surface area contributed by atoms with E-state index in [1.165, 1.54) is 17.7 Å². The predicted octanol–water partition coefficient (Wildman–Crippen LogP) is 5.92. The standard InChI is InChI=1S/C34H31F3N4O6/c35-34(36,37)19-41-31(45)26-15-14-25(18-27(26)32(41)46)39-33(47)40-29(22-8-6-21(7-9-22)20-4-2-1-3-5-20)23-10-12-24(13-11-23)30(44)38-17-16-28(42)43/h4,6-15,18,29H,1-3,5,16-17,19H2,(H,38,44)(H,42,43)(H2,39,40,47). The van der Waals surface area contributed by atoms with Crippen LogP contribution in [0.15, 0.2) is 72.8 Å². The van der Waals surface area contributed by atoms with Crippen molar-refractivity contribution in [3.05, 3.63) is 106 Å². The summed E-state index contributed by atoms with van der Waals surface area (Å²) >= 11 is 0. The molecule has 0 aromatic heterocycles. The third-order valence-electron chi connectivity index (χ3n) is 7.88. The molecule has 1 aliphatic heterocycles. The van der Waals surface area contributed by atoms with Crippen LogP contribution in [-0.4, -0.2) is 59.0 Å². The molecule has 5 rings (SSSR count). The molecule has 1 heterocycles. The van der Waals surface area contributed by atoms with Gasteiger partial charge in [0.05, 0.1) is 23.6 Å². The van der Waals surface area contributed by atoms with Crippen LogP contribution in [0.5, 0.6) is 0 Å². The van der Waals surface area contributed by atoms with Crippen LogP contribution < -0.4 is 16.0 Å². The number of fused-ring (bicyclic) bond motifs is 1. The van der Waals surface area contributed by atoms with Gasteiger partial charge in [-0.2, -0.15) is 13.2 Å². The zero-order valence-electron chi connectivity index (χ0n) is 25.0. The third-order valence-corrected chi connectivity index (χ3v) is 7.88. The minimum atomic E-state index is -4.77. The molecule has 1 unspecified atom stereocenters. The first-order chi connectivity index (χ1) is 22.4. The van der Waals surface area contributed by atoms with Gasteiger partial charge in [-0.3, -0.25) is 24.1 Å². The second-order valence-corrected chi connectivity index (χ2v) is 11.2. The number of benzene rings is 3. The smallest absolute Gasteiger partial charge is 0.406 e. The Morgan fingerprint density at radius 1 is 0.872 bits per heavy atom. The highest BCUT2D eigenvalue weighted by molar-refractivity contribution is 6.22. The summed E-state index contributed by atoms with van der Waals surface area (Å²) in [5, 5.41) is 16.8. The number of carboxylic acids is 1. The van der Waals surface area contributed by atoms with Crippen LogP contribution in [0.4, 0.5) is 23.7 Å². The molecular formula is C34H31F3N4O6. The lowest BCUT2D eigenvalue weighted by molar-refractivity contribution is -0.137. The number of carbonyl (C=O) groups excluding carboxylic acids is 4. The molecule has 3 aromatic rings. The molecule has 0 fully saturated rings. The summed E-state index contributed by atoms with van der Waals surface area (Å²) in [6.45, 7) is -1.75. The number of hydrogen-bond acceptors (Lipinski definition) is 5. The van der Waals surface area contributed by atoms with Gasteiger partial charge in [-0.25, -0.2) is 4.79 Å². The average molecular weight is 649 g/mol. The first-order valence-electron chi connectivity index (χ1n) is 14.9. The van der Waals surface area contributed by atoms with E-state index in [1.54, 1.807) is 24.3 Å². The summed E-state index contributed by atoms with van der Waals surface area (Å²) in [5.74, 6) is -3.67. The van der Waals surface area contributed by atoms with Gasteiger partial charge in [0.2, 0.25) is 0 Å². The fourth-order valence-corrected chi connectivity index (χ4v) is 5.55. The lowest BCUT2D eigenvalue weighted by Crippen LogP contribution is -2.38. The second kappa shape index (κ2) is 13.9. The number of halogens is 3. The van der Waals surface area contributed by atoms with Crippen molar-refractivity contribution in [3.8, 4) is 0 Å². The Balaban J connectivity index is 1.36. The molecule has 0 saturated carbocycles. The molecule has 0 saturated heterocycles. The van der Waals surface area contributed by atoms with Crippen LogP contribution in [0.3, 0.4) is 0 Å². The van der Waals surface area contributed by atoms with E-state index < -0.39 is 48.5 Å². The lowest BCUT2D eigenvalue weighted by Gasteiger charge is -2.21. The highest BCUT2D eigenvalue weighted by atomic mass is 19.4. The number of anilines is 1. The Morgan fingerprint density at radius 2 is 1.53 bits per heavy atom. The number of rotatable bonds is 10. The van der Waals surface area contributed by atoms with Crippen molar-refractivity contribution in [2.75, 3.05) is 18.4 Å². The van der Waals surface area contributed by atoms with E-state index >= 15 is 0 Å². The molecule has 47 heavy (non-hydrogen) atoms. The van der Waals surface area contributed by atoms with Gasteiger partial charge in [0.15, 0.2) is 0 Å². The third kappa shape index (κ3) is 8.04. The molecule has 244 valence electrons. The normalized spacial score (nSPS) is 15.0. The summed E-state index contributed by atoms with van der Waals surface area (Å²) in [5.41, 5.74) is 3.59. The zero-order chi connectivity index (χ0) is 33.7. The van der Waals surface area contributed by atoms with E-state index in [9.17, 15) is 37.1 Å². The van der Waals surface area contributed by atoms with Gasteiger partial charge in [0, 0.05) is 17.8 Å². The van der Waals surface area contributed by atoms with Crippen molar-refractivity contribution in [1.82, 2.24) is 15.5 Å². The summed E-state index contributed by atoms with van der Waals surface area (Å²) in [7, 11) is 0. The van der Waals surface area contributed by atoms with Crippen molar-refractivity contribution >= 4 is 41.0 Å². The maximum absolute atomic E-state index is 13.3. The van der Waals surface area contributed by atoms with Gasteiger partial charge in [-0.15, -0.1) is 0 Å². The molecule has 0 bridgehead atoms. The van der Waals surface area contributed by atoms with Gasteiger partial charge in [-0.1, -0.05) is 42.5 Å². The van der Waals surface area contributed by atoms with Crippen molar-refractivity contribution < 1.29 is 42.3 Å². The Kier molecular flexibility index (Phi) is 9.73. The van der Waals surface area contributed by atoms with Crippen LogP contribution in [0.1, 0.15) is 85.9 Å². The van der Waals surface area contributed by atoms with Crippen LogP contribution in [0, 0.1) is 0 Å². The molecule has 2 aliphatic rings. The maximum atomic E-state index is 13.3. The van der Waals surface area contributed by atoms with Gasteiger partial charge in [-0.05, 0) is 78.3 Å². The molecule has 1 aliphatic carbocycles. The molecule has 0 radical (unpaired) electrons. The fraction of sp³-hybridized carbons (Fsp3) is 0.265. The number of nitrogens with zero attached hydrogens (tertiary/aromatic N) is 1. The van der Waals surface area contributed by atoms with Crippen LogP contribution in [0.25, 0.3) is 5.57 Å². The molecule has 13 heteroatoms. The number of allylic oxidation sites excluding steroid dienone is 2. The van der Waals surface area contributed by atoms with E-state index in [1.807, 2.05) is 24.3 Å². The molecule has 4 N–H and O–H groups in total. The van der Waals surface area contributed by atoms with E-state index in [0.717, 1.165) is 42.9 Å². The van der Waals surface area contributed by atoms with Gasteiger partial charge < -0.3 is 21.1 Å². The molecule has 0 spiro atoms. The second-order valence-electron chi connectivity index (χ2n) is 11.2. The number of aliphatic carboxylic acids is 1.